The maximum absolute atomic E-state index is 11.2. The van der Waals surface area contributed by atoms with Gasteiger partial charge in [-0.3, -0.25) is 9.69 Å². The van der Waals surface area contributed by atoms with Crippen LogP contribution in [0.15, 0.2) is 24.3 Å². The van der Waals surface area contributed by atoms with Crippen LogP contribution in [0.2, 0.25) is 0 Å². The van der Waals surface area contributed by atoms with Crippen LogP contribution in [-0.4, -0.2) is 30.4 Å². The van der Waals surface area contributed by atoms with Crippen molar-refractivity contribution in [3.63, 3.8) is 0 Å². The summed E-state index contributed by atoms with van der Waals surface area (Å²) in [7, 11) is 0. The first kappa shape index (κ1) is 15.7. The first-order valence-corrected chi connectivity index (χ1v) is 6.87. The molecule has 0 aliphatic rings. The molecule has 1 unspecified atom stereocenters. The van der Waals surface area contributed by atoms with Gasteiger partial charge in [-0.05, 0) is 25.5 Å². The van der Waals surface area contributed by atoms with Crippen molar-refractivity contribution in [1.29, 1.82) is 0 Å². The fourth-order valence-corrected chi connectivity index (χ4v) is 2.19. The van der Waals surface area contributed by atoms with Gasteiger partial charge in [-0.25, -0.2) is 0 Å². The molecule has 1 amide bonds. The van der Waals surface area contributed by atoms with Crippen molar-refractivity contribution >= 4 is 5.91 Å². The number of primary amides is 1. The van der Waals surface area contributed by atoms with Gasteiger partial charge in [0.05, 0.1) is 6.54 Å². The smallest absolute Gasteiger partial charge is 0.231 e. The average Bonchev–Trinajstić information content (AvgIpc) is 2.38. The van der Waals surface area contributed by atoms with Gasteiger partial charge in [-0.2, -0.15) is 0 Å². The molecular weight excluding hydrogens is 238 g/mol. The third-order valence-corrected chi connectivity index (χ3v) is 3.28. The van der Waals surface area contributed by atoms with E-state index in [-0.39, 0.29) is 18.5 Å². The second kappa shape index (κ2) is 7.92. The Bertz CT molecular complexity index is 389. The molecule has 1 rings (SSSR count). The maximum atomic E-state index is 11.2. The van der Waals surface area contributed by atoms with Crippen molar-refractivity contribution < 1.29 is 4.79 Å². The van der Waals surface area contributed by atoms with Crippen LogP contribution in [0, 0.1) is 6.92 Å². The van der Waals surface area contributed by atoms with Gasteiger partial charge in [0.25, 0.3) is 0 Å². The molecule has 0 aromatic heterocycles. The Labute approximate surface area is 115 Å². The largest absolute Gasteiger partial charge is 0.369 e. The Hall–Kier alpha value is -1.39. The van der Waals surface area contributed by atoms with Crippen LogP contribution >= 0.6 is 0 Å². The minimum Gasteiger partial charge on any atom is -0.369 e. The van der Waals surface area contributed by atoms with Crippen LogP contribution in [0.1, 0.15) is 36.9 Å². The Morgan fingerprint density at radius 2 is 1.95 bits per heavy atom. The quantitative estimate of drug-likeness (QED) is 0.748. The summed E-state index contributed by atoms with van der Waals surface area (Å²) in [6.45, 7) is 5.77. The second-order valence-corrected chi connectivity index (χ2v) is 4.95. The van der Waals surface area contributed by atoms with E-state index in [1.807, 2.05) is 0 Å². The van der Waals surface area contributed by atoms with Crippen LogP contribution < -0.4 is 11.5 Å². The molecular formula is C15H25N3O. The standard InChI is InChI=1S/C15H25N3O/c1-3-4-9-18(11-15(17)19)14(10-16)13-7-5-12(2)6-8-13/h5-8,14H,3-4,9-11,16H2,1-2H3,(H2,17,19). The van der Waals surface area contributed by atoms with E-state index in [0.717, 1.165) is 24.9 Å². The number of benzene rings is 1. The molecule has 0 radical (unpaired) electrons. The van der Waals surface area contributed by atoms with E-state index < -0.39 is 0 Å². The molecule has 1 aromatic carbocycles. The van der Waals surface area contributed by atoms with Crippen LogP contribution in [0.3, 0.4) is 0 Å². The zero-order chi connectivity index (χ0) is 14.3. The summed E-state index contributed by atoms with van der Waals surface area (Å²) in [4.78, 5) is 13.3. The lowest BCUT2D eigenvalue weighted by Crippen LogP contribution is -2.40. The summed E-state index contributed by atoms with van der Waals surface area (Å²) >= 11 is 0. The lowest BCUT2D eigenvalue weighted by molar-refractivity contribution is -0.119. The molecule has 0 spiro atoms. The highest BCUT2D eigenvalue weighted by atomic mass is 16.1. The van der Waals surface area contributed by atoms with E-state index >= 15 is 0 Å². The summed E-state index contributed by atoms with van der Waals surface area (Å²) in [5.74, 6) is -0.304. The van der Waals surface area contributed by atoms with Crippen LogP contribution in [0.4, 0.5) is 0 Å². The van der Waals surface area contributed by atoms with Gasteiger partial charge >= 0.3 is 0 Å². The fraction of sp³-hybridized carbons (Fsp3) is 0.533. The molecule has 0 saturated heterocycles. The number of unbranched alkanes of at least 4 members (excludes halogenated alkanes) is 1. The van der Waals surface area contributed by atoms with E-state index in [4.69, 9.17) is 11.5 Å². The molecule has 0 saturated carbocycles. The molecule has 0 aliphatic heterocycles. The highest BCUT2D eigenvalue weighted by molar-refractivity contribution is 5.76. The lowest BCUT2D eigenvalue weighted by Gasteiger charge is -2.30. The van der Waals surface area contributed by atoms with Gasteiger partial charge in [0.2, 0.25) is 5.91 Å². The average molecular weight is 263 g/mol. The predicted octanol–water partition coefficient (Wildman–Crippen LogP) is 1.58. The molecule has 1 aromatic rings. The van der Waals surface area contributed by atoms with Gasteiger partial charge in [-0.15, -0.1) is 0 Å². The number of nitrogens with two attached hydrogens (primary N) is 2. The summed E-state index contributed by atoms with van der Waals surface area (Å²) in [6, 6.07) is 8.35. The second-order valence-electron chi connectivity index (χ2n) is 4.95. The first-order valence-electron chi connectivity index (χ1n) is 6.87. The molecule has 0 fully saturated rings. The summed E-state index contributed by atoms with van der Waals surface area (Å²) in [5.41, 5.74) is 13.6. The summed E-state index contributed by atoms with van der Waals surface area (Å²) in [5, 5.41) is 0. The molecule has 0 bridgehead atoms. The number of hydrogen-bond donors (Lipinski definition) is 2. The van der Waals surface area contributed by atoms with Crippen molar-refractivity contribution in [2.75, 3.05) is 19.6 Å². The zero-order valence-corrected chi connectivity index (χ0v) is 11.9. The highest BCUT2D eigenvalue weighted by Crippen LogP contribution is 2.20. The predicted molar refractivity (Wildman–Crippen MR) is 78.6 cm³/mol. The number of carbonyl (C=O) groups is 1. The number of aryl methyl sites for hydroxylation is 1. The number of hydrogen-bond acceptors (Lipinski definition) is 3. The number of rotatable bonds is 8. The normalized spacial score (nSPS) is 12.6. The fourth-order valence-electron chi connectivity index (χ4n) is 2.19. The van der Waals surface area contributed by atoms with Crippen molar-refractivity contribution in [1.82, 2.24) is 4.90 Å². The Morgan fingerprint density at radius 3 is 2.42 bits per heavy atom. The van der Waals surface area contributed by atoms with Crippen LogP contribution in [0.5, 0.6) is 0 Å². The van der Waals surface area contributed by atoms with Crippen molar-refractivity contribution in [3.8, 4) is 0 Å². The molecule has 4 nitrogen and oxygen atoms in total. The Morgan fingerprint density at radius 1 is 1.32 bits per heavy atom. The maximum Gasteiger partial charge on any atom is 0.231 e. The zero-order valence-electron chi connectivity index (χ0n) is 11.9. The van der Waals surface area contributed by atoms with Gasteiger partial charge < -0.3 is 11.5 Å². The highest BCUT2D eigenvalue weighted by Gasteiger charge is 2.20. The van der Waals surface area contributed by atoms with E-state index in [2.05, 4.69) is 43.0 Å². The summed E-state index contributed by atoms with van der Waals surface area (Å²) in [6.07, 6.45) is 2.12. The van der Waals surface area contributed by atoms with Crippen molar-refractivity contribution in [2.24, 2.45) is 11.5 Å². The number of carbonyl (C=O) groups excluding carboxylic acids is 1. The van der Waals surface area contributed by atoms with Gasteiger partial charge in [0.1, 0.15) is 0 Å². The number of amides is 1. The monoisotopic (exact) mass is 263 g/mol. The molecule has 0 heterocycles. The van der Waals surface area contributed by atoms with Crippen LogP contribution in [-0.2, 0) is 4.79 Å². The van der Waals surface area contributed by atoms with Crippen LogP contribution in [0.25, 0.3) is 0 Å². The Kier molecular flexibility index (Phi) is 6.53. The van der Waals surface area contributed by atoms with E-state index in [9.17, 15) is 4.79 Å². The Balaban J connectivity index is 2.87. The molecule has 19 heavy (non-hydrogen) atoms. The molecule has 1 atom stereocenters. The van der Waals surface area contributed by atoms with Crippen molar-refractivity contribution in [3.05, 3.63) is 35.4 Å². The molecule has 4 N–H and O–H groups in total. The van der Waals surface area contributed by atoms with Gasteiger partial charge in [-0.1, -0.05) is 43.2 Å². The van der Waals surface area contributed by atoms with E-state index in [0.29, 0.717) is 6.54 Å². The topological polar surface area (TPSA) is 72.3 Å². The summed E-state index contributed by atoms with van der Waals surface area (Å²) < 4.78 is 0. The molecule has 4 heteroatoms. The van der Waals surface area contributed by atoms with E-state index in [1.54, 1.807) is 0 Å². The SMILES string of the molecule is CCCCN(CC(N)=O)C(CN)c1ccc(C)cc1. The number of nitrogens with zero attached hydrogens (tertiary/aromatic N) is 1. The lowest BCUT2D eigenvalue weighted by atomic mass is 10.0. The van der Waals surface area contributed by atoms with Gasteiger partial charge in [0.15, 0.2) is 0 Å². The minimum absolute atomic E-state index is 0.0552. The van der Waals surface area contributed by atoms with Gasteiger partial charge in [0, 0.05) is 12.6 Å². The first-order chi connectivity index (χ1) is 9.08. The third kappa shape index (κ3) is 5.01. The third-order valence-electron chi connectivity index (χ3n) is 3.28. The molecule has 0 aliphatic carbocycles. The minimum atomic E-state index is -0.304. The molecule has 106 valence electrons. The van der Waals surface area contributed by atoms with Crippen molar-refractivity contribution in [2.45, 2.75) is 32.7 Å². The van der Waals surface area contributed by atoms with E-state index in [1.165, 1.54) is 5.56 Å².